The average molecular weight is 282 g/mol. The van der Waals surface area contributed by atoms with Crippen molar-refractivity contribution in [3.63, 3.8) is 0 Å². The molecule has 0 amide bonds. The predicted molar refractivity (Wildman–Crippen MR) is 81.2 cm³/mol. The fraction of sp³-hybridized carbons (Fsp3) is 0.308. The van der Waals surface area contributed by atoms with Gasteiger partial charge in [-0.25, -0.2) is 4.68 Å². The van der Waals surface area contributed by atoms with Gasteiger partial charge in [-0.3, -0.25) is 0 Å². The molecule has 2 rings (SSSR count). The summed E-state index contributed by atoms with van der Waals surface area (Å²) in [5.74, 6) is 0.478. The zero-order chi connectivity index (χ0) is 13.3. The molecule has 1 heterocycles. The molecule has 0 saturated carbocycles. The lowest BCUT2D eigenvalue weighted by atomic mass is 10.0. The van der Waals surface area contributed by atoms with E-state index in [9.17, 15) is 0 Å². The van der Waals surface area contributed by atoms with Crippen molar-refractivity contribution in [1.29, 1.82) is 0 Å². The van der Waals surface area contributed by atoms with Crippen molar-refractivity contribution >= 4 is 23.9 Å². The highest BCUT2D eigenvalue weighted by molar-refractivity contribution is 5.85. The Morgan fingerprint density at radius 1 is 1.11 bits per heavy atom. The van der Waals surface area contributed by atoms with Gasteiger partial charge in [-0.1, -0.05) is 30.3 Å². The van der Waals surface area contributed by atoms with Crippen LogP contribution in [0.15, 0.2) is 30.3 Å². The van der Waals surface area contributed by atoms with E-state index in [1.807, 2.05) is 44.2 Å². The Hall–Kier alpha value is -1.72. The molecule has 0 bridgehead atoms. The number of hydrogen-bond donors (Lipinski definition) is 3. The summed E-state index contributed by atoms with van der Waals surface area (Å²) in [7, 11) is 0. The summed E-state index contributed by atoms with van der Waals surface area (Å²) in [6, 6.07) is 9.53. The number of anilines is 2. The highest BCUT2D eigenvalue weighted by Crippen LogP contribution is 2.29. The molecule has 2 aromatic rings. The molecule has 0 radical (unpaired) electrons. The van der Waals surface area contributed by atoms with Crippen LogP contribution in [-0.2, 0) is 0 Å². The maximum Gasteiger partial charge on any atom is 0.145 e. The van der Waals surface area contributed by atoms with E-state index in [0.29, 0.717) is 17.2 Å². The van der Waals surface area contributed by atoms with Crippen LogP contribution in [0, 0.1) is 0 Å². The van der Waals surface area contributed by atoms with Crippen molar-refractivity contribution in [2.45, 2.75) is 25.9 Å². The van der Waals surface area contributed by atoms with Crippen molar-refractivity contribution in [3.05, 3.63) is 41.6 Å². The first-order valence-corrected chi connectivity index (χ1v) is 5.96. The average Bonchev–Trinajstić information content (AvgIpc) is 2.67. The Morgan fingerprint density at radius 2 is 1.68 bits per heavy atom. The first kappa shape index (κ1) is 15.3. The highest BCUT2D eigenvalue weighted by Gasteiger charge is 2.20. The van der Waals surface area contributed by atoms with E-state index in [1.165, 1.54) is 0 Å². The largest absolute Gasteiger partial charge is 0.394 e. The molecule has 0 aliphatic carbocycles. The summed E-state index contributed by atoms with van der Waals surface area (Å²) in [6.45, 7) is 4.00. The molecule has 0 spiro atoms. The summed E-state index contributed by atoms with van der Waals surface area (Å²) >= 11 is 0. The fourth-order valence-corrected chi connectivity index (χ4v) is 1.92. The zero-order valence-corrected chi connectivity index (χ0v) is 11.9. The molecular formula is C13H20ClN5. The maximum atomic E-state index is 6.19. The predicted octanol–water partition coefficient (Wildman–Crippen LogP) is 2.10. The van der Waals surface area contributed by atoms with Crippen molar-refractivity contribution in [2.75, 3.05) is 11.5 Å². The summed E-state index contributed by atoms with van der Waals surface area (Å²) in [5.41, 5.74) is 20.2. The molecule has 104 valence electrons. The van der Waals surface area contributed by atoms with Gasteiger partial charge < -0.3 is 17.2 Å². The third-order valence-electron chi connectivity index (χ3n) is 2.96. The third kappa shape index (κ3) is 2.83. The van der Waals surface area contributed by atoms with Gasteiger partial charge >= 0.3 is 0 Å². The molecule has 1 unspecified atom stereocenters. The summed E-state index contributed by atoms with van der Waals surface area (Å²) < 4.78 is 1.70. The number of halogens is 1. The second kappa shape index (κ2) is 5.95. The summed E-state index contributed by atoms with van der Waals surface area (Å²) in [4.78, 5) is 0. The molecule has 1 aromatic heterocycles. The molecular weight excluding hydrogens is 262 g/mol. The number of hydrogen-bond acceptors (Lipinski definition) is 4. The van der Waals surface area contributed by atoms with Crippen LogP contribution in [0.5, 0.6) is 0 Å². The van der Waals surface area contributed by atoms with Crippen LogP contribution in [0.25, 0.3) is 0 Å². The van der Waals surface area contributed by atoms with E-state index in [2.05, 4.69) is 5.10 Å². The number of rotatable bonds is 3. The molecule has 1 atom stereocenters. The quantitative estimate of drug-likeness (QED) is 0.803. The molecule has 6 N–H and O–H groups in total. The minimum atomic E-state index is -0.353. The lowest BCUT2D eigenvalue weighted by Crippen LogP contribution is -2.14. The van der Waals surface area contributed by atoms with E-state index in [-0.39, 0.29) is 24.5 Å². The Balaban J connectivity index is 0.00000180. The second-order valence-corrected chi connectivity index (χ2v) is 4.61. The SMILES string of the molecule is CC(C)n1nc(C(N)c2ccccc2)c(N)c1N.Cl. The minimum absolute atomic E-state index is 0. The lowest BCUT2D eigenvalue weighted by molar-refractivity contribution is 0.531. The van der Waals surface area contributed by atoms with Gasteiger partial charge in [0.2, 0.25) is 0 Å². The molecule has 19 heavy (non-hydrogen) atoms. The molecule has 1 aromatic carbocycles. The summed E-state index contributed by atoms with van der Waals surface area (Å²) in [6.07, 6.45) is 0. The molecule has 0 aliphatic rings. The van der Waals surface area contributed by atoms with Crippen LogP contribution >= 0.6 is 12.4 Å². The van der Waals surface area contributed by atoms with Gasteiger partial charge in [0.1, 0.15) is 11.5 Å². The van der Waals surface area contributed by atoms with Crippen LogP contribution in [0.2, 0.25) is 0 Å². The summed E-state index contributed by atoms with van der Waals surface area (Å²) in [5, 5.41) is 4.43. The Morgan fingerprint density at radius 3 is 2.16 bits per heavy atom. The van der Waals surface area contributed by atoms with Crippen LogP contribution in [-0.4, -0.2) is 9.78 Å². The molecule has 5 nitrogen and oxygen atoms in total. The van der Waals surface area contributed by atoms with E-state index in [1.54, 1.807) is 4.68 Å². The number of nitrogens with two attached hydrogens (primary N) is 3. The van der Waals surface area contributed by atoms with Gasteiger partial charge in [0.25, 0.3) is 0 Å². The van der Waals surface area contributed by atoms with Crippen molar-refractivity contribution < 1.29 is 0 Å². The van der Waals surface area contributed by atoms with E-state index in [0.717, 1.165) is 5.56 Å². The normalized spacial score (nSPS) is 12.2. The Kier molecular flexibility index (Phi) is 4.80. The van der Waals surface area contributed by atoms with Crippen LogP contribution in [0.1, 0.15) is 37.2 Å². The number of aromatic nitrogens is 2. The van der Waals surface area contributed by atoms with Gasteiger partial charge in [0, 0.05) is 6.04 Å². The van der Waals surface area contributed by atoms with Crippen LogP contribution < -0.4 is 17.2 Å². The van der Waals surface area contributed by atoms with E-state index < -0.39 is 0 Å². The fourth-order valence-electron chi connectivity index (χ4n) is 1.92. The monoisotopic (exact) mass is 281 g/mol. The number of nitrogens with zero attached hydrogens (tertiary/aromatic N) is 2. The molecule has 0 aliphatic heterocycles. The van der Waals surface area contributed by atoms with Crippen LogP contribution in [0.4, 0.5) is 11.5 Å². The van der Waals surface area contributed by atoms with Crippen molar-refractivity contribution in [3.8, 4) is 0 Å². The minimum Gasteiger partial charge on any atom is -0.394 e. The topological polar surface area (TPSA) is 95.9 Å². The Bertz CT molecular complexity index is 535. The lowest BCUT2D eigenvalue weighted by Gasteiger charge is -2.10. The first-order chi connectivity index (χ1) is 8.52. The van der Waals surface area contributed by atoms with Gasteiger partial charge in [-0.05, 0) is 19.4 Å². The maximum absolute atomic E-state index is 6.19. The first-order valence-electron chi connectivity index (χ1n) is 5.96. The molecule has 6 heteroatoms. The number of nitrogen functional groups attached to an aromatic ring is 2. The number of benzene rings is 1. The van der Waals surface area contributed by atoms with E-state index >= 15 is 0 Å². The zero-order valence-electron chi connectivity index (χ0n) is 11.1. The highest BCUT2D eigenvalue weighted by atomic mass is 35.5. The molecule has 0 saturated heterocycles. The van der Waals surface area contributed by atoms with Crippen molar-refractivity contribution in [2.24, 2.45) is 5.73 Å². The van der Waals surface area contributed by atoms with Crippen LogP contribution in [0.3, 0.4) is 0 Å². The standard InChI is InChI=1S/C13H19N5.ClH/c1-8(2)18-13(16)11(15)12(17-18)10(14)9-6-4-3-5-7-9;/h3-8,10H,14-16H2,1-2H3;1H. The van der Waals surface area contributed by atoms with Gasteiger partial charge in [-0.2, -0.15) is 5.10 Å². The smallest absolute Gasteiger partial charge is 0.145 e. The van der Waals surface area contributed by atoms with E-state index in [4.69, 9.17) is 17.2 Å². The van der Waals surface area contributed by atoms with Gasteiger partial charge in [0.05, 0.1) is 11.7 Å². The van der Waals surface area contributed by atoms with Crippen molar-refractivity contribution in [1.82, 2.24) is 9.78 Å². The van der Waals surface area contributed by atoms with Gasteiger partial charge in [-0.15, -0.1) is 12.4 Å². The van der Waals surface area contributed by atoms with Gasteiger partial charge in [0.15, 0.2) is 0 Å². The Labute approximate surface area is 119 Å². The molecule has 0 fully saturated rings. The third-order valence-corrected chi connectivity index (χ3v) is 2.96. The second-order valence-electron chi connectivity index (χ2n) is 4.61.